The van der Waals surface area contributed by atoms with Crippen molar-refractivity contribution in [3.8, 4) is 22.6 Å². The minimum absolute atomic E-state index is 0.0731. The highest BCUT2D eigenvalue weighted by Gasteiger charge is 2.00. The maximum absolute atomic E-state index is 8.94. The fourth-order valence-corrected chi connectivity index (χ4v) is 3.45. The Balaban J connectivity index is 0.000000198. The van der Waals surface area contributed by atoms with Gasteiger partial charge in [-0.1, -0.05) is 72.8 Å². The lowest BCUT2D eigenvalue weighted by Gasteiger charge is -2.07. The number of hydrogen-bond acceptors (Lipinski definition) is 5. The summed E-state index contributed by atoms with van der Waals surface area (Å²) in [4.78, 5) is 0. The van der Waals surface area contributed by atoms with E-state index < -0.39 is 0 Å². The second-order valence-electron chi connectivity index (χ2n) is 8.05. The van der Waals surface area contributed by atoms with Gasteiger partial charge in [0.2, 0.25) is 0 Å². The van der Waals surface area contributed by atoms with E-state index in [2.05, 4.69) is 0 Å². The molecule has 5 nitrogen and oxygen atoms in total. The molecule has 0 aliphatic rings. The molecular formula is C30H32O5. The van der Waals surface area contributed by atoms with E-state index in [9.17, 15) is 0 Å². The van der Waals surface area contributed by atoms with Gasteiger partial charge in [-0.25, -0.2) is 0 Å². The molecule has 0 fully saturated rings. The minimum Gasteiger partial charge on any atom is -0.457 e. The lowest BCUT2D eigenvalue weighted by atomic mass is 10.0. The van der Waals surface area contributed by atoms with Crippen molar-refractivity contribution in [1.82, 2.24) is 0 Å². The predicted molar refractivity (Wildman–Crippen MR) is 138 cm³/mol. The molecule has 0 atom stereocenters. The van der Waals surface area contributed by atoms with E-state index in [1.54, 1.807) is 0 Å². The first-order valence-electron chi connectivity index (χ1n) is 11.6. The van der Waals surface area contributed by atoms with Gasteiger partial charge in [-0.2, -0.15) is 0 Å². The summed E-state index contributed by atoms with van der Waals surface area (Å²) < 4.78 is 5.72. The Labute approximate surface area is 206 Å². The first kappa shape index (κ1) is 26.1. The zero-order chi connectivity index (χ0) is 24.9. The van der Waals surface area contributed by atoms with E-state index in [0.717, 1.165) is 44.9 Å². The van der Waals surface area contributed by atoms with E-state index in [1.807, 2.05) is 97.1 Å². The van der Waals surface area contributed by atoms with Gasteiger partial charge in [0.25, 0.3) is 0 Å². The Bertz CT molecular complexity index is 1030. The fraction of sp³-hybridized carbons (Fsp3) is 0.200. The fourth-order valence-electron chi connectivity index (χ4n) is 3.45. The topological polar surface area (TPSA) is 90.2 Å². The maximum Gasteiger partial charge on any atom is 0.127 e. The maximum atomic E-state index is 8.94. The summed E-state index contributed by atoms with van der Waals surface area (Å²) in [7, 11) is 0. The van der Waals surface area contributed by atoms with Gasteiger partial charge in [0.05, 0.1) is 13.2 Å². The van der Waals surface area contributed by atoms with Crippen molar-refractivity contribution in [3.63, 3.8) is 0 Å². The monoisotopic (exact) mass is 472 g/mol. The molecular weight excluding hydrogens is 440 g/mol. The Morgan fingerprint density at radius 1 is 0.400 bits per heavy atom. The highest BCUT2D eigenvalue weighted by Crippen LogP contribution is 2.23. The first-order chi connectivity index (χ1) is 17.1. The first-order valence-corrected chi connectivity index (χ1v) is 11.6. The summed E-state index contributed by atoms with van der Waals surface area (Å²) in [5.74, 6) is 1.55. The van der Waals surface area contributed by atoms with Gasteiger partial charge in [-0.3, -0.25) is 0 Å². The van der Waals surface area contributed by atoms with Gasteiger partial charge in [-0.05, 0) is 70.5 Å². The van der Waals surface area contributed by atoms with Gasteiger partial charge in [0.15, 0.2) is 0 Å². The van der Waals surface area contributed by atoms with Crippen LogP contribution >= 0.6 is 0 Å². The van der Waals surface area contributed by atoms with Crippen LogP contribution in [0.1, 0.15) is 22.3 Å². The molecule has 4 aromatic rings. The second-order valence-corrected chi connectivity index (χ2v) is 8.05. The lowest BCUT2D eigenvalue weighted by Crippen LogP contribution is -1.92. The molecule has 0 heterocycles. The zero-order valence-electron chi connectivity index (χ0n) is 19.7. The summed E-state index contributed by atoms with van der Waals surface area (Å²) in [6.45, 7) is 0.465. The van der Waals surface area contributed by atoms with Crippen molar-refractivity contribution in [2.24, 2.45) is 0 Å². The molecule has 0 amide bonds. The molecule has 0 spiro atoms. The molecule has 5 heteroatoms. The number of aliphatic hydroxyl groups excluding tert-OH is 4. The van der Waals surface area contributed by atoms with Crippen molar-refractivity contribution in [2.75, 3.05) is 13.2 Å². The Kier molecular flexibility index (Phi) is 10.5. The van der Waals surface area contributed by atoms with E-state index >= 15 is 0 Å². The van der Waals surface area contributed by atoms with Crippen LogP contribution in [-0.2, 0) is 26.1 Å². The number of rotatable bonds is 9. The molecule has 0 aromatic heterocycles. The van der Waals surface area contributed by atoms with E-state index in [0.29, 0.717) is 12.8 Å². The number of benzene rings is 4. The van der Waals surface area contributed by atoms with Crippen LogP contribution in [0.4, 0.5) is 0 Å². The quantitative estimate of drug-likeness (QED) is 0.279. The SMILES string of the molecule is OCCc1ccc(Oc2ccc(CCO)cc2)cc1.OCc1ccc(-c2ccc(CO)cc2)cc1. The van der Waals surface area contributed by atoms with Crippen LogP contribution < -0.4 is 4.74 Å². The molecule has 182 valence electrons. The van der Waals surface area contributed by atoms with Gasteiger partial charge in [-0.15, -0.1) is 0 Å². The minimum atomic E-state index is 0.0731. The van der Waals surface area contributed by atoms with Crippen LogP contribution in [0.25, 0.3) is 11.1 Å². The molecule has 4 rings (SSSR count). The Morgan fingerprint density at radius 2 is 0.714 bits per heavy atom. The van der Waals surface area contributed by atoms with Gasteiger partial charge >= 0.3 is 0 Å². The predicted octanol–water partition coefficient (Wildman–Crippen LogP) is 4.89. The third-order valence-electron chi connectivity index (χ3n) is 5.49. The largest absolute Gasteiger partial charge is 0.457 e. The normalized spacial score (nSPS) is 10.4. The zero-order valence-corrected chi connectivity index (χ0v) is 19.7. The van der Waals surface area contributed by atoms with E-state index in [1.165, 1.54) is 0 Å². The molecule has 4 N–H and O–H groups in total. The summed E-state index contributed by atoms with van der Waals surface area (Å²) in [6.07, 6.45) is 1.33. The summed E-state index contributed by atoms with van der Waals surface area (Å²) in [6, 6.07) is 31.0. The van der Waals surface area contributed by atoms with Crippen molar-refractivity contribution in [3.05, 3.63) is 119 Å². The van der Waals surface area contributed by atoms with Crippen LogP contribution in [0.5, 0.6) is 11.5 Å². The molecule has 0 aliphatic heterocycles. The Hall–Kier alpha value is -3.48. The molecule has 0 saturated carbocycles. The third kappa shape index (κ3) is 8.35. The number of hydrogen-bond donors (Lipinski definition) is 4. The molecule has 0 saturated heterocycles. The van der Waals surface area contributed by atoms with Gasteiger partial charge in [0.1, 0.15) is 11.5 Å². The number of aliphatic hydroxyl groups is 4. The molecule has 0 unspecified atom stereocenters. The van der Waals surface area contributed by atoms with Crippen molar-refractivity contribution in [1.29, 1.82) is 0 Å². The average molecular weight is 473 g/mol. The van der Waals surface area contributed by atoms with Crippen LogP contribution in [0, 0.1) is 0 Å². The van der Waals surface area contributed by atoms with Crippen LogP contribution in [0.15, 0.2) is 97.1 Å². The number of ether oxygens (including phenoxy) is 1. The van der Waals surface area contributed by atoms with E-state index in [4.69, 9.17) is 25.2 Å². The molecule has 0 radical (unpaired) electrons. The van der Waals surface area contributed by atoms with Gasteiger partial charge in [0, 0.05) is 13.2 Å². The summed E-state index contributed by atoms with van der Waals surface area (Å²) >= 11 is 0. The van der Waals surface area contributed by atoms with Crippen molar-refractivity contribution >= 4 is 0 Å². The summed E-state index contributed by atoms with van der Waals surface area (Å²) in [5.41, 5.74) is 6.23. The molecule has 0 bridgehead atoms. The van der Waals surface area contributed by atoms with Gasteiger partial charge < -0.3 is 25.2 Å². The van der Waals surface area contributed by atoms with Crippen molar-refractivity contribution in [2.45, 2.75) is 26.1 Å². The molecule has 4 aromatic carbocycles. The highest BCUT2D eigenvalue weighted by molar-refractivity contribution is 5.63. The molecule has 35 heavy (non-hydrogen) atoms. The standard InChI is InChI=1S/C16H18O3.C14H14O2/c17-11-9-13-1-5-15(6-2-13)19-16-7-3-14(4-8-16)10-12-18;15-9-11-1-5-13(6-2-11)14-7-3-12(10-16)4-8-14/h1-8,17-18H,9-12H2;1-8,15-16H,9-10H2. The van der Waals surface area contributed by atoms with Crippen LogP contribution in [-0.4, -0.2) is 33.6 Å². The smallest absolute Gasteiger partial charge is 0.127 e. The van der Waals surface area contributed by atoms with E-state index in [-0.39, 0.29) is 26.4 Å². The van der Waals surface area contributed by atoms with Crippen molar-refractivity contribution < 1.29 is 25.2 Å². The Morgan fingerprint density at radius 3 is 1.00 bits per heavy atom. The summed E-state index contributed by atoms with van der Waals surface area (Å²) in [5, 5.41) is 35.6. The highest BCUT2D eigenvalue weighted by atomic mass is 16.5. The lowest BCUT2D eigenvalue weighted by molar-refractivity contribution is 0.281. The third-order valence-corrected chi connectivity index (χ3v) is 5.49. The molecule has 0 aliphatic carbocycles. The second kappa shape index (κ2) is 14.0. The van der Waals surface area contributed by atoms with Crippen LogP contribution in [0.3, 0.4) is 0 Å². The average Bonchev–Trinajstić information content (AvgIpc) is 2.92. The van der Waals surface area contributed by atoms with Crippen LogP contribution in [0.2, 0.25) is 0 Å².